The van der Waals surface area contributed by atoms with Crippen LogP contribution in [0.15, 0.2) is 24.3 Å². The summed E-state index contributed by atoms with van der Waals surface area (Å²) in [6, 6.07) is 8.02. The zero-order valence-corrected chi connectivity index (χ0v) is 11.3. The van der Waals surface area contributed by atoms with Gasteiger partial charge in [-0.3, -0.25) is 0 Å². The molecule has 1 saturated heterocycles. The molecule has 1 N–H and O–H groups in total. The molecule has 0 amide bonds. The van der Waals surface area contributed by atoms with Crippen LogP contribution in [-0.4, -0.2) is 31.3 Å². The average Bonchev–Trinajstić information content (AvgIpc) is 2.51. The Hall–Kier alpha value is -0.580. The molecule has 2 rings (SSSR count). The predicted molar refractivity (Wildman–Crippen MR) is 70.1 cm³/mol. The molecule has 0 unspecified atom stereocenters. The first-order valence-corrected chi connectivity index (χ1v) is 7.85. The number of hydrogen-bond acceptors (Lipinski definition) is 3. The molecule has 0 saturated carbocycles. The highest BCUT2D eigenvalue weighted by Crippen LogP contribution is 2.18. The molecule has 0 spiro atoms. The monoisotopic (exact) mass is 273 g/mol. The summed E-state index contributed by atoms with van der Waals surface area (Å²) in [7, 11) is -2.95. The number of halogens is 1. The molecule has 1 fully saturated rings. The summed E-state index contributed by atoms with van der Waals surface area (Å²) in [6.45, 7) is 2.69. The second-order valence-electron chi connectivity index (χ2n) is 4.57. The van der Waals surface area contributed by atoms with Crippen LogP contribution in [0, 0.1) is 6.92 Å². The Bertz CT molecular complexity index is 484. The Morgan fingerprint density at radius 3 is 2.47 bits per heavy atom. The number of nitrogens with one attached hydrogen (secondary N) is 1. The molecule has 94 valence electrons. The van der Waals surface area contributed by atoms with Crippen molar-refractivity contribution in [2.24, 2.45) is 0 Å². The minimum Gasteiger partial charge on any atom is -0.307 e. The van der Waals surface area contributed by atoms with E-state index in [1.54, 1.807) is 0 Å². The van der Waals surface area contributed by atoms with Crippen LogP contribution in [0.2, 0.25) is 0 Å². The van der Waals surface area contributed by atoms with Crippen molar-refractivity contribution in [3.05, 3.63) is 35.4 Å². The molecule has 2 atom stereocenters. The van der Waals surface area contributed by atoms with Crippen molar-refractivity contribution in [3.63, 3.8) is 0 Å². The first-order valence-electron chi connectivity index (χ1n) is 5.60. The molecule has 3 nitrogen and oxygen atoms in total. The van der Waals surface area contributed by atoms with Crippen molar-refractivity contribution in [1.29, 1.82) is 0 Å². The van der Waals surface area contributed by atoms with Crippen LogP contribution < -0.4 is 5.32 Å². The van der Waals surface area contributed by atoms with Gasteiger partial charge >= 0.3 is 0 Å². The third-order valence-electron chi connectivity index (χ3n) is 2.97. The summed E-state index contributed by atoms with van der Waals surface area (Å²) in [5.74, 6) is 0.229. The first kappa shape index (κ1) is 12.9. The largest absolute Gasteiger partial charge is 0.307 e. The minimum absolute atomic E-state index is 0.0835. The lowest BCUT2D eigenvalue weighted by atomic mass is 10.1. The molecule has 1 aromatic rings. The smallest absolute Gasteiger partial charge is 0.153 e. The van der Waals surface area contributed by atoms with Gasteiger partial charge in [-0.05, 0) is 12.5 Å². The highest BCUT2D eigenvalue weighted by atomic mass is 35.5. The van der Waals surface area contributed by atoms with Gasteiger partial charge in [-0.1, -0.05) is 29.8 Å². The summed E-state index contributed by atoms with van der Waals surface area (Å²) in [5.41, 5.74) is 2.36. The second kappa shape index (κ2) is 4.96. The van der Waals surface area contributed by atoms with Crippen LogP contribution >= 0.6 is 11.6 Å². The quantitative estimate of drug-likeness (QED) is 0.849. The zero-order chi connectivity index (χ0) is 12.5. The van der Waals surface area contributed by atoms with Gasteiger partial charge in [0.05, 0.1) is 16.9 Å². The van der Waals surface area contributed by atoms with Crippen molar-refractivity contribution in [3.8, 4) is 0 Å². The molecular weight excluding hydrogens is 258 g/mol. The van der Waals surface area contributed by atoms with Gasteiger partial charge < -0.3 is 5.32 Å². The summed E-state index contributed by atoms with van der Waals surface area (Å²) >= 11 is 6.01. The van der Waals surface area contributed by atoms with Gasteiger partial charge in [0.15, 0.2) is 9.84 Å². The van der Waals surface area contributed by atoms with E-state index in [0.29, 0.717) is 6.54 Å². The van der Waals surface area contributed by atoms with E-state index in [2.05, 4.69) is 5.32 Å². The van der Waals surface area contributed by atoms with Crippen LogP contribution in [0.4, 0.5) is 0 Å². The SMILES string of the molecule is Cc1ccc(CN[C@@H]2CS(=O)(=O)C[C@H]2Cl)cc1. The number of aryl methyl sites for hydroxylation is 1. The number of sulfone groups is 1. The second-order valence-corrected chi connectivity index (χ2v) is 7.28. The molecule has 5 heteroatoms. The molecule has 1 aliphatic rings. The van der Waals surface area contributed by atoms with Crippen LogP contribution in [0.3, 0.4) is 0 Å². The first-order chi connectivity index (χ1) is 7.96. The van der Waals surface area contributed by atoms with Crippen LogP contribution in [-0.2, 0) is 16.4 Å². The van der Waals surface area contributed by atoms with E-state index in [4.69, 9.17) is 11.6 Å². The van der Waals surface area contributed by atoms with Gasteiger partial charge in [0, 0.05) is 12.6 Å². The lowest BCUT2D eigenvalue weighted by Crippen LogP contribution is -2.35. The average molecular weight is 274 g/mol. The van der Waals surface area contributed by atoms with E-state index in [0.717, 1.165) is 5.56 Å². The van der Waals surface area contributed by atoms with E-state index in [1.807, 2.05) is 31.2 Å². The van der Waals surface area contributed by atoms with Crippen molar-refractivity contribution in [2.45, 2.75) is 24.9 Å². The van der Waals surface area contributed by atoms with Gasteiger partial charge in [0.2, 0.25) is 0 Å². The Labute approximate surface area is 107 Å². The van der Waals surface area contributed by atoms with Crippen LogP contribution in [0.25, 0.3) is 0 Å². The Morgan fingerprint density at radius 2 is 1.94 bits per heavy atom. The summed E-state index contributed by atoms with van der Waals surface area (Å²) in [5, 5.41) is 2.90. The molecule has 1 aromatic carbocycles. The van der Waals surface area contributed by atoms with Gasteiger partial charge in [-0.25, -0.2) is 8.42 Å². The summed E-state index contributed by atoms with van der Waals surface area (Å²) in [4.78, 5) is 0. The van der Waals surface area contributed by atoms with Crippen molar-refractivity contribution in [1.82, 2.24) is 5.32 Å². The standard InChI is InChI=1S/C12H16ClNO2S/c1-9-2-4-10(5-3-9)6-14-12-8-17(15,16)7-11(12)13/h2-5,11-12,14H,6-8H2,1H3/t11-,12-/m1/s1. The van der Waals surface area contributed by atoms with E-state index in [1.165, 1.54) is 5.56 Å². The fourth-order valence-electron chi connectivity index (χ4n) is 1.95. The topological polar surface area (TPSA) is 46.2 Å². The predicted octanol–water partition coefficient (Wildman–Crippen LogP) is 1.49. The van der Waals surface area contributed by atoms with E-state index >= 15 is 0 Å². The van der Waals surface area contributed by atoms with Gasteiger partial charge in [0.25, 0.3) is 0 Å². The Morgan fingerprint density at radius 1 is 1.29 bits per heavy atom. The molecule has 0 aromatic heterocycles. The van der Waals surface area contributed by atoms with E-state index in [-0.39, 0.29) is 22.9 Å². The Balaban J connectivity index is 1.93. The van der Waals surface area contributed by atoms with Crippen LogP contribution in [0.1, 0.15) is 11.1 Å². The molecule has 0 aliphatic carbocycles. The molecule has 1 heterocycles. The fourth-order valence-corrected chi connectivity index (χ4v) is 4.56. The maximum atomic E-state index is 11.4. The van der Waals surface area contributed by atoms with Gasteiger partial charge in [0.1, 0.15) is 0 Å². The molecule has 0 radical (unpaired) electrons. The number of hydrogen-bond donors (Lipinski definition) is 1. The van der Waals surface area contributed by atoms with Crippen LogP contribution in [0.5, 0.6) is 0 Å². The summed E-state index contributed by atoms with van der Waals surface area (Å²) < 4.78 is 22.8. The normalized spacial score (nSPS) is 27.2. The summed E-state index contributed by atoms with van der Waals surface area (Å²) in [6.07, 6.45) is 0. The highest BCUT2D eigenvalue weighted by molar-refractivity contribution is 7.91. The number of rotatable bonds is 3. The maximum absolute atomic E-state index is 11.4. The molecular formula is C12H16ClNO2S. The minimum atomic E-state index is -2.95. The number of benzene rings is 1. The lowest BCUT2D eigenvalue weighted by Gasteiger charge is -2.14. The van der Waals surface area contributed by atoms with E-state index in [9.17, 15) is 8.42 Å². The zero-order valence-electron chi connectivity index (χ0n) is 9.69. The van der Waals surface area contributed by atoms with Gasteiger partial charge in [-0.2, -0.15) is 0 Å². The van der Waals surface area contributed by atoms with E-state index < -0.39 is 9.84 Å². The molecule has 1 aliphatic heterocycles. The molecule has 17 heavy (non-hydrogen) atoms. The third-order valence-corrected chi connectivity index (χ3v) is 5.35. The van der Waals surface area contributed by atoms with Crippen molar-refractivity contribution in [2.75, 3.05) is 11.5 Å². The fraction of sp³-hybridized carbons (Fsp3) is 0.500. The van der Waals surface area contributed by atoms with Crippen molar-refractivity contribution >= 4 is 21.4 Å². The van der Waals surface area contributed by atoms with Crippen molar-refractivity contribution < 1.29 is 8.42 Å². The third kappa shape index (κ3) is 3.44. The molecule has 0 bridgehead atoms. The maximum Gasteiger partial charge on any atom is 0.153 e. The highest BCUT2D eigenvalue weighted by Gasteiger charge is 2.35. The number of alkyl halides is 1. The Kier molecular flexibility index (Phi) is 3.76. The lowest BCUT2D eigenvalue weighted by molar-refractivity contribution is 0.558. The van der Waals surface area contributed by atoms with Gasteiger partial charge in [-0.15, -0.1) is 11.6 Å².